The molecule has 0 aliphatic rings. The molecule has 1 amide bonds. The zero-order valence-corrected chi connectivity index (χ0v) is 15.6. The van der Waals surface area contributed by atoms with E-state index < -0.39 is 10.8 Å². The van der Waals surface area contributed by atoms with Crippen molar-refractivity contribution in [1.82, 2.24) is 5.32 Å². The van der Waals surface area contributed by atoms with Gasteiger partial charge in [-0.1, -0.05) is 30.3 Å². The number of nitrogens with one attached hydrogen (secondary N) is 1. The monoisotopic (exact) mass is 387 g/mol. The first-order chi connectivity index (χ1) is 14.0. The molecule has 0 aliphatic carbocycles. The molecule has 7 nitrogen and oxygen atoms in total. The van der Waals surface area contributed by atoms with Crippen LogP contribution in [0, 0.1) is 28.4 Å². The first-order valence-electron chi connectivity index (χ1n) is 8.77. The van der Waals surface area contributed by atoms with E-state index in [1.807, 2.05) is 36.4 Å². The Kier molecular flexibility index (Phi) is 5.85. The number of benzene rings is 2. The SMILES string of the molecule is Cc1cc([N+](=O)[O-])ccc1-c1ccc(/C=C(\C#N)C(=O)NCc2ccccc2)o1. The molecule has 0 unspecified atom stereocenters. The van der Waals surface area contributed by atoms with Crippen LogP contribution in [-0.2, 0) is 11.3 Å². The van der Waals surface area contributed by atoms with Gasteiger partial charge in [0.2, 0.25) is 0 Å². The van der Waals surface area contributed by atoms with Gasteiger partial charge in [-0.15, -0.1) is 0 Å². The summed E-state index contributed by atoms with van der Waals surface area (Å²) in [6.07, 6.45) is 1.37. The van der Waals surface area contributed by atoms with E-state index in [-0.39, 0.29) is 11.3 Å². The van der Waals surface area contributed by atoms with Gasteiger partial charge in [-0.05, 0) is 36.2 Å². The highest BCUT2D eigenvalue weighted by Gasteiger charge is 2.14. The molecule has 2 aromatic carbocycles. The summed E-state index contributed by atoms with van der Waals surface area (Å²) in [7, 11) is 0. The topological polar surface area (TPSA) is 109 Å². The van der Waals surface area contributed by atoms with E-state index in [0.29, 0.717) is 29.2 Å². The lowest BCUT2D eigenvalue weighted by Gasteiger charge is -2.04. The third kappa shape index (κ3) is 4.76. The molecule has 1 heterocycles. The Morgan fingerprint density at radius 1 is 1.21 bits per heavy atom. The van der Waals surface area contributed by atoms with Crippen molar-refractivity contribution in [3.8, 4) is 17.4 Å². The van der Waals surface area contributed by atoms with E-state index in [1.165, 1.54) is 18.2 Å². The number of hydrogen-bond acceptors (Lipinski definition) is 5. The van der Waals surface area contributed by atoms with Crippen molar-refractivity contribution in [3.05, 3.63) is 93.2 Å². The van der Waals surface area contributed by atoms with Crippen molar-refractivity contribution in [2.75, 3.05) is 0 Å². The molecule has 0 aliphatic heterocycles. The molecule has 3 rings (SSSR count). The van der Waals surface area contributed by atoms with Crippen LogP contribution in [0.15, 0.2) is 70.7 Å². The Labute approximate surface area is 167 Å². The molecular weight excluding hydrogens is 370 g/mol. The summed E-state index contributed by atoms with van der Waals surface area (Å²) < 4.78 is 5.72. The minimum Gasteiger partial charge on any atom is -0.457 e. The number of nitro benzene ring substituents is 1. The Bertz CT molecular complexity index is 1120. The number of rotatable bonds is 6. The molecule has 1 N–H and O–H groups in total. The van der Waals surface area contributed by atoms with Gasteiger partial charge in [0.15, 0.2) is 0 Å². The molecule has 0 saturated heterocycles. The number of nitriles is 1. The molecule has 3 aromatic rings. The van der Waals surface area contributed by atoms with Gasteiger partial charge in [0, 0.05) is 30.3 Å². The number of amides is 1. The largest absolute Gasteiger partial charge is 0.457 e. The van der Waals surface area contributed by atoms with Gasteiger partial charge < -0.3 is 9.73 Å². The molecule has 7 heteroatoms. The smallest absolute Gasteiger partial charge is 0.269 e. The zero-order valence-electron chi connectivity index (χ0n) is 15.6. The molecule has 29 heavy (non-hydrogen) atoms. The van der Waals surface area contributed by atoms with Gasteiger partial charge in [0.05, 0.1) is 4.92 Å². The maximum atomic E-state index is 12.3. The summed E-state index contributed by atoms with van der Waals surface area (Å²) in [6.45, 7) is 2.06. The fraction of sp³-hybridized carbons (Fsp3) is 0.0909. The average molecular weight is 387 g/mol. The second kappa shape index (κ2) is 8.67. The molecule has 0 radical (unpaired) electrons. The summed E-state index contributed by atoms with van der Waals surface area (Å²) in [5, 5.41) is 22.9. The molecular formula is C22H17N3O4. The molecule has 0 fully saturated rings. The second-order valence-electron chi connectivity index (χ2n) is 6.30. The van der Waals surface area contributed by atoms with E-state index in [9.17, 15) is 20.2 Å². The van der Waals surface area contributed by atoms with E-state index in [4.69, 9.17) is 4.42 Å². The maximum Gasteiger partial charge on any atom is 0.269 e. The first kappa shape index (κ1) is 19.6. The number of nitro groups is 1. The van der Waals surface area contributed by atoms with Crippen LogP contribution in [0.3, 0.4) is 0 Å². The van der Waals surface area contributed by atoms with Gasteiger partial charge in [-0.25, -0.2) is 0 Å². The van der Waals surface area contributed by atoms with Crippen molar-refractivity contribution in [3.63, 3.8) is 0 Å². The lowest BCUT2D eigenvalue weighted by atomic mass is 10.1. The standard InChI is InChI=1S/C22H17N3O4/c1-15-11-18(25(27)28)7-9-20(15)21-10-8-19(29-21)12-17(13-23)22(26)24-14-16-5-3-2-4-6-16/h2-12H,14H2,1H3,(H,24,26)/b17-12+. The summed E-state index contributed by atoms with van der Waals surface area (Å²) in [5.74, 6) is 0.329. The van der Waals surface area contributed by atoms with Gasteiger partial charge in [-0.2, -0.15) is 5.26 Å². The molecule has 0 bridgehead atoms. The fourth-order valence-corrected chi connectivity index (χ4v) is 2.78. The van der Waals surface area contributed by atoms with Crippen molar-refractivity contribution in [2.45, 2.75) is 13.5 Å². The number of furan rings is 1. The van der Waals surface area contributed by atoms with Gasteiger partial charge in [0.25, 0.3) is 11.6 Å². The van der Waals surface area contributed by atoms with Crippen molar-refractivity contribution < 1.29 is 14.1 Å². The predicted octanol–water partition coefficient (Wildman–Crippen LogP) is 4.39. The molecule has 0 atom stereocenters. The van der Waals surface area contributed by atoms with Crippen LogP contribution >= 0.6 is 0 Å². The predicted molar refractivity (Wildman–Crippen MR) is 107 cm³/mol. The lowest BCUT2D eigenvalue weighted by molar-refractivity contribution is -0.384. The van der Waals surface area contributed by atoms with Crippen molar-refractivity contribution in [2.24, 2.45) is 0 Å². The first-order valence-corrected chi connectivity index (χ1v) is 8.77. The highest BCUT2D eigenvalue weighted by molar-refractivity contribution is 6.01. The van der Waals surface area contributed by atoms with Crippen LogP contribution in [0.4, 0.5) is 5.69 Å². The van der Waals surface area contributed by atoms with Gasteiger partial charge >= 0.3 is 0 Å². The lowest BCUT2D eigenvalue weighted by Crippen LogP contribution is -2.23. The number of carbonyl (C=O) groups is 1. The van der Waals surface area contributed by atoms with Crippen LogP contribution in [0.25, 0.3) is 17.4 Å². The van der Waals surface area contributed by atoms with Gasteiger partial charge in [-0.3, -0.25) is 14.9 Å². The minimum absolute atomic E-state index is 0.000204. The Balaban J connectivity index is 1.76. The maximum absolute atomic E-state index is 12.3. The number of non-ortho nitro benzene ring substituents is 1. The quantitative estimate of drug-likeness (QED) is 0.292. The number of nitrogens with zero attached hydrogens (tertiary/aromatic N) is 2. The van der Waals surface area contributed by atoms with Crippen LogP contribution < -0.4 is 5.32 Å². The average Bonchev–Trinajstić information content (AvgIpc) is 3.19. The molecule has 0 spiro atoms. The fourth-order valence-electron chi connectivity index (χ4n) is 2.78. The highest BCUT2D eigenvalue weighted by Crippen LogP contribution is 2.29. The van der Waals surface area contributed by atoms with Crippen LogP contribution in [-0.4, -0.2) is 10.8 Å². The normalized spacial score (nSPS) is 11.0. The highest BCUT2D eigenvalue weighted by atomic mass is 16.6. The van der Waals surface area contributed by atoms with E-state index >= 15 is 0 Å². The number of hydrogen-bond donors (Lipinski definition) is 1. The molecule has 0 saturated carbocycles. The van der Waals surface area contributed by atoms with E-state index in [0.717, 1.165) is 5.56 Å². The minimum atomic E-state index is -0.499. The van der Waals surface area contributed by atoms with Crippen LogP contribution in [0.1, 0.15) is 16.9 Å². The van der Waals surface area contributed by atoms with Crippen molar-refractivity contribution in [1.29, 1.82) is 5.26 Å². The third-order valence-electron chi connectivity index (χ3n) is 4.26. The Morgan fingerprint density at radius 3 is 2.62 bits per heavy atom. The summed E-state index contributed by atoms with van der Waals surface area (Å²) in [5.41, 5.74) is 2.22. The number of aryl methyl sites for hydroxylation is 1. The Morgan fingerprint density at radius 2 is 1.97 bits per heavy atom. The van der Waals surface area contributed by atoms with Crippen LogP contribution in [0.5, 0.6) is 0 Å². The van der Waals surface area contributed by atoms with E-state index in [2.05, 4.69) is 5.32 Å². The summed E-state index contributed by atoms with van der Waals surface area (Å²) in [6, 6.07) is 19.1. The molecule has 1 aromatic heterocycles. The Hall–Kier alpha value is -4.18. The number of carbonyl (C=O) groups excluding carboxylic acids is 1. The summed E-state index contributed by atoms with van der Waals surface area (Å²) >= 11 is 0. The summed E-state index contributed by atoms with van der Waals surface area (Å²) in [4.78, 5) is 22.7. The second-order valence-corrected chi connectivity index (χ2v) is 6.30. The van der Waals surface area contributed by atoms with Crippen molar-refractivity contribution >= 4 is 17.7 Å². The van der Waals surface area contributed by atoms with E-state index in [1.54, 1.807) is 25.1 Å². The molecule has 144 valence electrons. The van der Waals surface area contributed by atoms with Gasteiger partial charge in [0.1, 0.15) is 23.2 Å². The van der Waals surface area contributed by atoms with Crippen LogP contribution in [0.2, 0.25) is 0 Å². The third-order valence-corrected chi connectivity index (χ3v) is 4.26. The zero-order chi connectivity index (χ0) is 20.8.